The van der Waals surface area contributed by atoms with Gasteiger partial charge in [-0.05, 0) is 24.6 Å². The van der Waals surface area contributed by atoms with Crippen molar-refractivity contribution in [3.05, 3.63) is 56.0 Å². The van der Waals surface area contributed by atoms with E-state index in [9.17, 15) is 0 Å². The van der Waals surface area contributed by atoms with Crippen molar-refractivity contribution in [3.63, 3.8) is 0 Å². The van der Waals surface area contributed by atoms with Gasteiger partial charge in [0.05, 0.1) is 15.1 Å². The summed E-state index contributed by atoms with van der Waals surface area (Å²) in [7, 11) is 0. The first-order chi connectivity index (χ1) is 8.00. The zero-order chi connectivity index (χ0) is 12.6. The minimum Gasteiger partial charge on any atom is -0.0843 e. The molecule has 0 aliphatic carbocycles. The quantitative estimate of drug-likeness (QED) is 0.544. The number of hydrogen-bond donors (Lipinski definition) is 0. The maximum atomic E-state index is 6.26. The molecule has 0 radical (unpaired) electrons. The summed E-state index contributed by atoms with van der Waals surface area (Å²) in [6.07, 6.45) is 0. The smallest absolute Gasteiger partial charge is 0.0672 e. The highest BCUT2D eigenvalue weighted by Crippen LogP contribution is 2.40. The van der Waals surface area contributed by atoms with Crippen molar-refractivity contribution in [2.24, 2.45) is 0 Å². The van der Waals surface area contributed by atoms with Gasteiger partial charge in [0.2, 0.25) is 0 Å². The number of halogens is 4. The van der Waals surface area contributed by atoms with Crippen LogP contribution < -0.4 is 0 Å². The van der Waals surface area contributed by atoms with Gasteiger partial charge in [-0.25, -0.2) is 0 Å². The van der Waals surface area contributed by atoms with Crippen LogP contribution in [0.4, 0.5) is 0 Å². The average Bonchev–Trinajstić information content (AvgIpc) is 2.27. The molecule has 0 saturated carbocycles. The largest absolute Gasteiger partial charge is 0.0843 e. The fourth-order valence-corrected chi connectivity index (χ4v) is 2.54. The van der Waals surface area contributed by atoms with Gasteiger partial charge in [0.15, 0.2) is 0 Å². The van der Waals surface area contributed by atoms with Crippen LogP contribution in [-0.4, -0.2) is 0 Å². The highest BCUT2D eigenvalue weighted by Gasteiger charge is 2.12. The van der Waals surface area contributed by atoms with E-state index in [0.29, 0.717) is 20.1 Å². The molecular weight excluding hydrogens is 298 g/mol. The molecule has 0 heterocycles. The summed E-state index contributed by atoms with van der Waals surface area (Å²) < 4.78 is 0. The van der Waals surface area contributed by atoms with Gasteiger partial charge in [-0.1, -0.05) is 64.6 Å². The zero-order valence-corrected chi connectivity index (χ0v) is 11.9. The number of rotatable bonds is 1. The zero-order valence-electron chi connectivity index (χ0n) is 8.90. The second kappa shape index (κ2) is 5.07. The summed E-state index contributed by atoms with van der Waals surface area (Å²) in [4.78, 5) is 0. The second-order valence-corrected chi connectivity index (χ2v) is 5.29. The van der Waals surface area contributed by atoms with Crippen molar-refractivity contribution in [1.29, 1.82) is 0 Å². The maximum absolute atomic E-state index is 6.26. The molecular formula is C13H8Cl4. The predicted octanol–water partition coefficient (Wildman–Crippen LogP) is 6.28. The monoisotopic (exact) mass is 304 g/mol. The Bertz CT molecular complexity index is 576. The molecule has 2 rings (SSSR count). The summed E-state index contributed by atoms with van der Waals surface area (Å²) in [5, 5.41) is 2.08. The van der Waals surface area contributed by atoms with Gasteiger partial charge in [0, 0.05) is 16.1 Å². The second-order valence-electron chi connectivity index (χ2n) is 3.69. The summed E-state index contributed by atoms with van der Waals surface area (Å²) in [5.41, 5.74) is 2.57. The van der Waals surface area contributed by atoms with Crippen molar-refractivity contribution in [2.45, 2.75) is 6.92 Å². The first kappa shape index (κ1) is 13.0. The molecule has 2 aromatic carbocycles. The lowest BCUT2D eigenvalue weighted by Gasteiger charge is -2.10. The highest BCUT2D eigenvalue weighted by molar-refractivity contribution is 6.45. The van der Waals surface area contributed by atoms with Crippen LogP contribution in [-0.2, 0) is 0 Å². The van der Waals surface area contributed by atoms with Crippen molar-refractivity contribution in [3.8, 4) is 11.1 Å². The molecule has 88 valence electrons. The third-order valence-electron chi connectivity index (χ3n) is 2.47. The molecule has 0 nitrogen and oxygen atoms in total. The molecule has 0 aliphatic heterocycles. The fourth-order valence-electron chi connectivity index (χ4n) is 1.61. The standard InChI is InChI=1S/C13H8Cl4/c1-7-3-2-4-9(12(7)16)10-5-8(14)6-11(15)13(10)17/h2-6H,1H3. The fraction of sp³-hybridized carbons (Fsp3) is 0.0769. The Morgan fingerprint density at radius 1 is 0.824 bits per heavy atom. The third-order valence-corrected chi connectivity index (χ3v) is 4.00. The van der Waals surface area contributed by atoms with E-state index in [0.717, 1.165) is 16.7 Å². The van der Waals surface area contributed by atoms with Crippen LogP contribution in [0.3, 0.4) is 0 Å². The topological polar surface area (TPSA) is 0 Å². The van der Waals surface area contributed by atoms with Crippen molar-refractivity contribution >= 4 is 46.4 Å². The van der Waals surface area contributed by atoms with Crippen LogP contribution in [0, 0.1) is 6.92 Å². The number of benzene rings is 2. The van der Waals surface area contributed by atoms with Crippen LogP contribution in [0.1, 0.15) is 5.56 Å². The van der Waals surface area contributed by atoms with E-state index in [1.54, 1.807) is 12.1 Å². The highest BCUT2D eigenvalue weighted by atomic mass is 35.5. The van der Waals surface area contributed by atoms with Gasteiger partial charge in [-0.3, -0.25) is 0 Å². The van der Waals surface area contributed by atoms with Crippen LogP contribution >= 0.6 is 46.4 Å². The van der Waals surface area contributed by atoms with Gasteiger partial charge in [0.25, 0.3) is 0 Å². The molecule has 0 fully saturated rings. The van der Waals surface area contributed by atoms with E-state index in [4.69, 9.17) is 46.4 Å². The molecule has 0 N–H and O–H groups in total. The first-order valence-electron chi connectivity index (χ1n) is 4.90. The Morgan fingerprint density at radius 3 is 2.24 bits per heavy atom. The first-order valence-corrected chi connectivity index (χ1v) is 6.42. The van der Waals surface area contributed by atoms with E-state index < -0.39 is 0 Å². The lowest BCUT2D eigenvalue weighted by atomic mass is 10.0. The molecule has 4 heteroatoms. The number of hydrogen-bond acceptors (Lipinski definition) is 0. The summed E-state index contributed by atoms with van der Waals surface area (Å²) >= 11 is 24.4. The summed E-state index contributed by atoms with van der Waals surface area (Å²) in [6, 6.07) is 9.12. The van der Waals surface area contributed by atoms with Crippen LogP contribution in [0.25, 0.3) is 11.1 Å². The van der Waals surface area contributed by atoms with Gasteiger partial charge in [-0.15, -0.1) is 0 Å². The number of aryl methyl sites for hydroxylation is 1. The molecule has 0 aliphatic rings. The molecule has 0 bridgehead atoms. The molecule has 2 aromatic rings. The van der Waals surface area contributed by atoms with Gasteiger partial charge < -0.3 is 0 Å². The van der Waals surface area contributed by atoms with Crippen LogP contribution in [0.15, 0.2) is 30.3 Å². The Kier molecular flexibility index (Phi) is 3.89. The molecule has 17 heavy (non-hydrogen) atoms. The lowest BCUT2D eigenvalue weighted by Crippen LogP contribution is -1.85. The van der Waals surface area contributed by atoms with E-state index in [2.05, 4.69) is 0 Å². The Morgan fingerprint density at radius 2 is 1.53 bits per heavy atom. The van der Waals surface area contributed by atoms with Crippen molar-refractivity contribution in [2.75, 3.05) is 0 Å². The maximum Gasteiger partial charge on any atom is 0.0672 e. The van der Waals surface area contributed by atoms with Crippen LogP contribution in [0.2, 0.25) is 20.1 Å². The molecule has 0 unspecified atom stereocenters. The molecule has 0 atom stereocenters. The summed E-state index contributed by atoms with van der Waals surface area (Å²) in [5.74, 6) is 0. The predicted molar refractivity (Wildman–Crippen MR) is 76.7 cm³/mol. The van der Waals surface area contributed by atoms with Gasteiger partial charge >= 0.3 is 0 Å². The van der Waals surface area contributed by atoms with E-state index in [-0.39, 0.29) is 0 Å². The average molecular weight is 306 g/mol. The minimum atomic E-state index is 0.423. The Balaban J connectivity index is 2.73. The van der Waals surface area contributed by atoms with E-state index in [1.807, 2.05) is 25.1 Å². The van der Waals surface area contributed by atoms with Gasteiger partial charge in [-0.2, -0.15) is 0 Å². The van der Waals surface area contributed by atoms with Crippen molar-refractivity contribution < 1.29 is 0 Å². The molecule has 0 aromatic heterocycles. The molecule has 0 amide bonds. The third kappa shape index (κ3) is 2.56. The van der Waals surface area contributed by atoms with Gasteiger partial charge in [0.1, 0.15) is 0 Å². The molecule has 0 saturated heterocycles. The Hall–Kier alpha value is -0.400. The molecule has 0 spiro atoms. The van der Waals surface area contributed by atoms with Crippen LogP contribution in [0.5, 0.6) is 0 Å². The summed E-state index contributed by atoms with van der Waals surface area (Å²) in [6.45, 7) is 1.94. The Labute approximate surface area is 120 Å². The van der Waals surface area contributed by atoms with Crippen molar-refractivity contribution in [1.82, 2.24) is 0 Å². The van der Waals surface area contributed by atoms with E-state index >= 15 is 0 Å². The minimum absolute atomic E-state index is 0.423. The lowest BCUT2D eigenvalue weighted by molar-refractivity contribution is 1.46. The SMILES string of the molecule is Cc1cccc(-c2cc(Cl)cc(Cl)c2Cl)c1Cl. The van der Waals surface area contributed by atoms with E-state index in [1.165, 1.54) is 0 Å². The normalized spacial score (nSPS) is 10.6.